The number of halogens is 3. The number of benzene rings is 2. The number of likely N-dealkylation sites (tertiary alicyclic amines) is 1. The Balaban J connectivity index is 1.51. The molecular formula is C24H25F3N4O3S2. The predicted octanol–water partition coefficient (Wildman–Crippen LogP) is 5.21. The summed E-state index contributed by atoms with van der Waals surface area (Å²) in [6.45, 7) is 2.40. The van der Waals surface area contributed by atoms with Crippen LogP contribution >= 0.6 is 11.3 Å². The Morgan fingerprint density at radius 2 is 1.67 bits per heavy atom. The van der Waals surface area contributed by atoms with Crippen LogP contribution in [0.4, 0.5) is 23.7 Å². The second-order valence-electron chi connectivity index (χ2n) is 8.74. The predicted molar refractivity (Wildman–Crippen MR) is 133 cm³/mol. The zero-order valence-corrected chi connectivity index (χ0v) is 21.2. The molecule has 0 radical (unpaired) electrons. The Hall–Kier alpha value is -2.96. The largest absolute Gasteiger partial charge is 0.416 e. The molecule has 1 aliphatic heterocycles. The van der Waals surface area contributed by atoms with E-state index in [0.717, 1.165) is 34.5 Å². The first-order chi connectivity index (χ1) is 16.9. The van der Waals surface area contributed by atoms with E-state index >= 15 is 0 Å². The number of carbonyl (C=O) groups is 1. The van der Waals surface area contributed by atoms with Gasteiger partial charge in [0, 0.05) is 29.2 Å². The number of carbonyl (C=O) groups excluding carboxylic acids is 1. The average Bonchev–Trinajstić information content (AvgIpc) is 3.21. The Morgan fingerprint density at radius 1 is 1.06 bits per heavy atom. The van der Waals surface area contributed by atoms with E-state index in [1.807, 2.05) is 37.3 Å². The highest BCUT2D eigenvalue weighted by molar-refractivity contribution is 7.88. The molecule has 0 bridgehead atoms. The van der Waals surface area contributed by atoms with Gasteiger partial charge in [-0.05, 0) is 44.0 Å². The van der Waals surface area contributed by atoms with E-state index in [1.165, 1.54) is 28.4 Å². The van der Waals surface area contributed by atoms with Gasteiger partial charge in [0.15, 0.2) is 0 Å². The topological polar surface area (TPSA) is 91.4 Å². The number of hydrogen-bond acceptors (Lipinski definition) is 5. The number of nitrogens with zero attached hydrogens (tertiary/aromatic N) is 2. The number of thiazole rings is 1. The van der Waals surface area contributed by atoms with E-state index in [9.17, 15) is 26.4 Å². The number of urea groups is 1. The molecule has 2 heterocycles. The van der Waals surface area contributed by atoms with Crippen LogP contribution in [0.3, 0.4) is 0 Å². The van der Waals surface area contributed by atoms with Gasteiger partial charge in [0.05, 0.1) is 23.1 Å². The number of amides is 2. The summed E-state index contributed by atoms with van der Waals surface area (Å²) in [6.07, 6.45) is -2.78. The molecule has 0 saturated carbocycles. The molecule has 1 saturated heterocycles. The lowest BCUT2D eigenvalue weighted by Gasteiger charge is -2.40. The van der Waals surface area contributed by atoms with Crippen molar-refractivity contribution in [2.45, 2.75) is 31.5 Å². The maximum absolute atomic E-state index is 12.8. The Morgan fingerprint density at radius 3 is 2.22 bits per heavy atom. The van der Waals surface area contributed by atoms with Crippen LogP contribution in [0.5, 0.6) is 0 Å². The minimum Gasteiger partial charge on any atom is -0.324 e. The molecule has 2 N–H and O–H groups in total. The summed E-state index contributed by atoms with van der Waals surface area (Å²) in [5.41, 5.74) is 0.181. The van der Waals surface area contributed by atoms with E-state index in [2.05, 4.69) is 10.0 Å². The zero-order valence-electron chi connectivity index (χ0n) is 19.6. The summed E-state index contributed by atoms with van der Waals surface area (Å²) in [5.74, 6) is 0. The third-order valence-electron chi connectivity index (χ3n) is 6.00. The summed E-state index contributed by atoms with van der Waals surface area (Å²) in [4.78, 5) is 20.0. The molecule has 192 valence electrons. The number of hydrogen-bond donors (Lipinski definition) is 2. The molecule has 0 atom stereocenters. The fourth-order valence-electron chi connectivity index (χ4n) is 4.22. The highest BCUT2D eigenvalue weighted by Gasteiger charge is 2.42. The standard InChI is InChI=1S/C24H25F3N4O3S2/c1-16-20(17-6-4-3-5-7-17)29-21(35-16)23(30-36(2,33)34)12-14-31(15-13-23)22(32)28-19-10-8-18(9-11-19)24(25,26)27/h3-11,30H,12-15H2,1-2H3,(H,28,32). The van der Waals surface area contributed by atoms with Crippen LogP contribution in [-0.4, -0.2) is 43.7 Å². The van der Waals surface area contributed by atoms with Crippen LogP contribution in [0.25, 0.3) is 11.3 Å². The molecule has 1 aromatic heterocycles. The van der Waals surface area contributed by atoms with Gasteiger partial charge in [-0.2, -0.15) is 13.2 Å². The molecule has 36 heavy (non-hydrogen) atoms. The summed E-state index contributed by atoms with van der Waals surface area (Å²) >= 11 is 1.42. The number of aromatic nitrogens is 1. The molecule has 4 rings (SSSR count). The lowest BCUT2D eigenvalue weighted by atomic mass is 9.89. The first kappa shape index (κ1) is 26.1. The fourth-order valence-corrected chi connectivity index (χ4v) is 6.43. The average molecular weight is 539 g/mol. The quantitative estimate of drug-likeness (QED) is 0.467. The van der Waals surface area contributed by atoms with E-state index in [4.69, 9.17) is 4.98 Å². The third kappa shape index (κ3) is 5.88. The number of sulfonamides is 1. The van der Waals surface area contributed by atoms with Crippen molar-refractivity contribution in [1.82, 2.24) is 14.6 Å². The molecule has 3 aromatic rings. The lowest BCUT2D eigenvalue weighted by molar-refractivity contribution is -0.137. The summed E-state index contributed by atoms with van der Waals surface area (Å²) in [6, 6.07) is 13.3. The molecule has 0 aliphatic carbocycles. The Bertz CT molecular complexity index is 1330. The second-order valence-corrected chi connectivity index (χ2v) is 11.7. The fraction of sp³-hybridized carbons (Fsp3) is 0.333. The second kappa shape index (κ2) is 9.83. The minimum atomic E-state index is -4.46. The van der Waals surface area contributed by atoms with Crippen LogP contribution in [0, 0.1) is 6.92 Å². The van der Waals surface area contributed by atoms with Gasteiger partial charge in [0.1, 0.15) is 5.01 Å². The van der Waals surface area contributed by atoms with Crippen molar-refractivity contribution >= 4 is 33.1 Å². The molecule has 12 heteroatoms. The van der Waals surface area contributed by atoms with Gasteiger partial charge in [-0.15, -0.1) is 11.3 Å². The molecule has 1 fully saturated rings. The van der Waals surface area contributed by atoms with Crippen molar-refractivity contribution < 1.29 is 26.4 Å². The number of piperidine rings is 1. The summed E-state index contributed by atoms with van der Waals surface area (Å²) in [5, 5.41) is 3.24. The van der Waals surface area contributed by atoms with Crippen LogP contribution in [-0.2, 0) is 21.7 Å². The lowest BCUT2D eigenvalue weighted by Crippen LogP contribution is -2.54. The Kier molecular flexibility index (Phi) is 7.13. The third-order valence-corrected chi connectivity index (χ3v) is 7.94. The molecular weight excluding hydrogens is 513 g/mol. The monoisotopic (exact) mass is 538 g/mol. The van der Waals surface area contributed by atoms with E-state index in [-0.39, 0.29) is 18.8 Å². The van der Waals surface area contributed by atoms with Crippen molar-refractivity contribution in [3.63, 3.8) is 0 Å². The van der Waals surface area contributed by atoms with Gasteiger partial charge in [-0.1, -0.05) is 30.3 Å². The number of nitrogens with one attached hydrogen (secondary N) is 2. The molecule has 0 unspecified atom stereocenters. The van der Waals surface area contributed by atoms with Gasteiger partial charge in [0.25, 0.3) is 0 Å². The maximum Gasteiger partial charge on any atom is 0.416 e. The van der Waals surface area contributed by atoms with Crippen molar-refractivity contribution in [3.05, 3.63) is 70.0 Å². The van der Waals surface area contributed by atoms with E-state index < -0.39 is 33.3 Å². The van der Waals surface area contributed by atoms with Gasteiger partial charge >= 0.3 is 12.2 Å². The van der Waals surface area contributed by atoms with Gasteiger partial charge < -0.3 is 10.2 Å². The van der Waals surface area contributed by atoms with Crippen LogP contribution in [0.15, 0.2) is 54.6 Å². The zero-order chi connectivity index (χ0) is 26.1. The van der Waals surface area contributed by atoms with E-state index in [0.29, 0.717) is 17.8 Å². The van der Waals surface area contributed by atoms with Crippen molar-refractivity contribution in [1.29, 1.82) is 0 Å². The maximum atomic E-state index is 12.8. The highest BCUT2D eigenvalue weighted by Crippen LogP contribution is 2.39. The first-order valence-corrected chi connectivity index (χ1v) is 13.8. The van der Waals surface area contributed by atoms with Crippen molar-refractivity contribution in [2.75, 3.05) is 24.7 Å². The van der Waals surface area contributed by atoms with E-state index in [1.54, 1.807) is 0 Å². The normalized spacial score (nSPS) is 16.1. The first-order valence-electron chi connectivity index (χ1n) is 11.1. The summed E-state index contributed by atoms with van der Waals surface area (Å²) in [7, 11) is -3.60. The SMILES string of the molecule is Cc1sc(C2(NS(C)(=O)=O)CCN(C(=O)Nc3ccc(C(F)(F)F)cc3)CC2)nc1-c1ccccc1. The van der Waals surface area contributed by atoms with Crippen molar-refractivity contribution in [3.8, 4) is 11.3 Å². The number of rotatable bonds is 5. The smallest absolute Gasteiger partial charge is 0.324 e. The molecule has 1 aliphatic rings. The molecule has 0 spiro atoms. The Labute approximate surface area is 211 Å². The van der Waals surface area contributed by atoms with Crippen LogP contribution in [0.1, 0.15) is 28.3 Å². The highest BCUT2D eigenvalue weighted by atomic mass is 32.2. The van der Waals surface area contributed by atoms with Gasteiger partial charge in [-0.3, -0.25) is 0 Å². The van der Waals surface area contributed by atoms with Crippen LogP contribution < -0.4 is 10.0 Å². The van der Waals surface area contributed by atoms with Gasteiger partial charge in [0.2, 0.25) is 10.0 Å². The van der Waals surface area contributed by atoms with Gasteiger partial charge in [-0.25, -0.2) is 22.9 Å². The molecule has 2 amide bonds. The summed E-state index contributed by atoms with van der Waals surface area (Å²) < 4.78 is 65.7. The van der Waals surface area contributed by atoms with Crippen molar-refractivity contribution in [2.24, 2.45) is 0 Å². The number of aryl methyl sites for hydroxylation is 1. The number of anilines is 1. The van der Waals surface area contributed by atoms with Crippen LogP contribution in [0.2, 0.25) is 0 Å². The molecule has 2 aromatic carbocycles. The molecule has 7 nitrogen and oxygen atoms in total. The number of alkyl halides is 3. The minimum absolute atomic E-state index is 0.230.